The summed E-state index contributed by atoms with van der Waals surface area (Å²) < 4.78 is 7.16. The molecule has 1 amide bonds. The summed E-state index contributed by atoms with van der Waals surface area (Å²) in [6.45, 7) is 4.65. The first-order valence-electron chi connectivity index (χ1n) is 9.32. The topological polar surface area (TPSA) is 51.5 Å². The van der Waals surface area contributed by atoms with Gasteiger partial charge in [-0.1, -0.05) is 24.3 Å². The number of hydrogen-bond acceptors (Lipinski definition) is 3. The van der Waals surface area contributed by atoms with Gasteiger partial charge in [-0.25, -0.2) is 4.79 Å². The molecule has 136 valence electrons. The van der Waals surface area contributed by atoms with Gasteiger partial charge in [0, 0.05) is 31.3 Å². The first-order chi connectivity index (χ1) is 12.5. The molecular formula is C21H24N2O3. The molecule has 1 saturated carbocycles. The molecule has 2 aromatic rings. The smallest absolute Gasteiger partial charge is 0.410 e. The van der Waals surface area contributed by atoms with E-state index >= 15 is 0 Å². The molecule has 5 heteroatoms. The highest BCUT2D eigenvalue weighted by Crippen LogP contribution is 2.33. The van der Waals surface area contributed by atoms with E-state index in [-0.39, 0.29) is 23.8 Å². The lowest BCUT2D eigenvalue weighted by Crippen LogP contribution is -2.42. The van der Waals surface area contributed by atoms with Crippen molar-refractivity contribution in [2.75, 3.05) is 6.54 Å². The fourth-order valence-corrected chi connectivity index (χ4v) is 3.52. The lowest BCUT2D eigenvalue weighted by molar-refractivity contribution is 0.0209. The highest BCUT2D eigenvalue weighted by molar-refractivity contribution is 5.69. The van der Waals surface area contributed by atoms with Crippen LogP contribution in [0.3, 0.4) is 0 Å². The molecule has 1 saturated heterocycles. The minimum Gasteiger partial charge on any atom is -0.446 e. The number of nitrogens with zero attached hydrogens (tertiary/aromatic N) is 2. The molecule has 0 bridgehead atoms. The van der Waals surface area contributed by atoms with Crippen molar-refractivity contribution in [3.05, 3.63) is 58.5 Å². The molecule has 4 rings (SSSR count). The number of carbonyl (C=O) groups excluding carboxylic acids is 1. The first-order valence-corrected chi connectivity index (χ1v) is 9.32. The van der Waals surface area contributed by atoms with Crippen LogP contribution < -0.4 is 5.56 Å². The van der Waals surface area contributed by atoms with Crippen LogP contribution in [0, 0.1) is 0 Å². The second kappa shape index (κ2) is 6.63. The Bertz CT molecular complexity index is 868. The van der Waals surface area contributed by atoms with Gasteiger partial charge >= 0.3 is 6.09 Å². The molecule has 0 radical (unpaired) electrons. The number of benzene rings is 1. The van der Waals surface area contributed by atoms with Crippen LogP contribution in [0.4, 0.5) is 4.79 Å². The van der Waals surface area contributed by atoms with Crippen molar-refractivity contribution in [2.45, 2.75) is 51.3 Å². The van der Waals surface area contributed by atoms with E-state index in [1.54, 1.807) is 11.0 Å². The Morgan fingerprint density at radius 1 is 1.04 bits per heavy atom. The van der Waals surface area contributed by atoms with Crippen molar-refractivity contribution < 1.29 is 9.53 Å². The van der Waals surface area contributed by atoms with Crippen molar-refractivity contribution in [3.63, 3.8) is 0 Å². The molecule has 0 spiro atoms. The van der Waals surface area contributed by atoms with Gasteiger partial charge in [0.05, 0.1) is 6.04 Å². The van der Waals surface area contributed by atoms with Gasteiger partial charge in [-0.05, 0) is 49.4 Å². The minimum atomic E-state index is -0.246. The maximum atomic E-state index is 12.2. The van der Waals surface area contributed by atoms with Crippen LogP contribution in [0.5, 0.6) is 0 Å². The second-order valence-electron chi connectivity index (χ2n) is 7.37. The number of ether oxygens (including phenoxy) is 1. The zero-order chi connectivity index (χ0) is 18.3. The quantitative estimate of drug-likeness (QED) is 0.831. The molecule has 2 fully saturated rings. The predicted molar refractivity (Wildman–Crippen MR) is 100 cm³/mol. The molecule has 2 atom stereocenters. The van der Waals surface area contributed by atoms with Crippen LogP contribution in [0.15, 0.2) is 47.4 Å². The monoisotopic (exact) mass is 352 g/mol. The standard InChI is InChI=1S/C21H24N2O3/c1-14-9-11-22(21(25)26-14)15(2)16-3-5-17(6-4-16)18-10-12-23(19-7-8-19)20(24)13-18/h3-6,10,12-15,19H,7-9,11H2,1-2H3/t14?,15-/m0/s1. The molecule has 0 N–H and O–H groups in total. The molecule has 1 aliphatic carbocycles. The normalized spacial score (nSPS) is 21.4. The van der Waals surface area contributed by atoms with Crippen molar-refractivity contribution >= 4 is 6.09 Å². The van der Waals surface area contributed by atoms with E-state index in [0.717, 1.165) is 36.0 Å². The van der Waals surface area contributed by atoms with Crippen LogP contribution in [0.1, 0.15) is 50.8 Å². The summed E-state index contributed by atoms with van der Waals surface area (Å²) in [5.74, 6) is 0. The molecule has 1 aromatic carbocycles. The SMILES string of the molecule is CC1CCN([C@@H](C)c2ccc(-c3ccn(C4CC4)c(=O)c3)cc2)C(=O)O1. The van der Waals surface area contributed by atoms with Gasteiger partial charge in [0.15, 0.2) is 0 Å². The van der Waals surface area contributed by atoms with Crippen LogP contribution in [0.2, 0.25) is 0 Å². The average molecular weight is 352 g/mol. The predicted octanol–water partition coefficient (Wildman–Crippen LogP) is 4.14. The number of rotatable bonds is 4. The third kappa shape index (κ3) is 3.26. The number of cyclic esters (lactones) is 1. The van der Waals surface area contributed by atoms with E-state index in [9.17, 15) is 9.59 Å². The maximum Gasteiger partial charge on any atom is 0.410 e. The minimum absolute atomic E-state index is 0.00825. The van der Waals surface area contributed by atoms with E-state index < -0.39 is 0 Å². The fourth-order valence-electron chi connectivity index (χ4n) is 3.52. The Balaban J connectivity index is 1.52. The summed E-state index contributed by atoms with van der Waals surface area (Å²) in [5.41, 5.74) is 3.06. The Morgan fingerprint density at radius 3 is 2.38 bits per heavy atom. The average Bonchev–Trinajstić information content (AvgIpc) is 3.46. The zero-order valence-corrected chi connectivity index (χ0v) is 15.2. The third-order valence-electron chi connectivity index (χ3n) is 5.40. The van der Waals surface area contributed by atoms with Gasteiger partial charge in [0.1, 0.15) is 6.10 Å². The third-order valence-corrected chi connectivity index (χ3v) is 5.40. The van der Waals surface area contributed by atoms with Crippen LogP contribution in [0.25, 0.3) is 11.1 Å². The highest BCUT2D eigenvalue weighted by atomic mass is 16.6. The van der Waals surface area contributed by atoms with Gasteiger partial charge in [-0.2, -0.15) is 0 Å². The number of pyridine rings is 1. The van der Waals surface area contributed by atoms with Gasteiger partial charge < -0.3 is 14.2 Å². The summed E-state index contributed by atoms with van der Waals surface area (Å²) in [7, 11) is 0. The Hall–Kier alpha value is -2.56. The summed E-state index contributed by atoms with van der Waals surface area (Å²) >= 11 is 0. The Morgan fingerprint density at radius 2 is 1.77 bits per heavy atom. The molecule has 1 aromatic heterocycles. The van der Waals surface area contributed by atoms with Crippen LogP contribution >= 0.6 is 0 Å². The molecule has 1 aliphatic heterocycles. The largest absolute Gasteiger partial charge is 0.446 e. The number of amides is 1. The lowest BCUT2D eigenvalue weighted by atomic mass is 10.0. The molecule has 5 nitrogen and oxygen atoms in total. The first kappa shape index (κ1) is 16.9. The van der Waals surface area contributed by atoms with E-state index in [2.05, 4.69) is 0 Å². The Labute approximate surface area is 153 Å². The van der Waals surface area contributed by atoms with Crippen molar-refractivity contribution in [2.24, 2.45) is 0 Å². The van der Waals surface area contributed by atoms with Gasteiger partial charge in [0.25, 0.3) is 5.56 Å². The summed E-state index contributed by atoms with van der Waals surface area (Å²) in [6.07, 6.45) is 4.70. The van der Waals surface area contributed by atoms with E-state index in [4.69, 9.17) is 4.74 Å². The van der Waals surface area contributed by atoms with Crippen molar-refractivity contribution in [3.8, 4) is 11.1 Å². The van der Waals surface area contributed by atoms with Crippen LogP contribution in [-0.2, 0) is 4.74 Å². The molecular weight excluding hydrogens is 328 g/mol. The molecule has 1 unspecified atom stereocenters. The van der Waals surface area contributed by atoms with Gasteiger partial charge in [0.2, 0.25) is 0 Å². The van der Waals surface area contributed by atoms with Crippen molar-refractivity contribution in [1.29, 1.82) is 0 Å². The van der Waals surface area contributed by atoms with Gasteiger partial charge in [-0.15, -0.1) is 0 Å². The maximum absolute atomic E-state index is 12.2. The second-order valence-corrected chi connectivity index (χ2v) is 7.37. The number of carbonyl (C=O) groups is 1. The molecule has 2 heterocycles. The zero-order valence-electron chi connectivity index (χ0n) is 15.2. The summed E-state index contributed by atoms with van der Waals surface area (Å²) in [6, 6.07) is 12.1. The lowest BCUT2D eigenvalue weighted by Gasteiger charge is -2.34. The van der Waals surface area contributed by atoms with Gasteiger partial charge in [-0.3, -0.25) is 4.79 Å². The highest BCUT2D eigenvalue weighted by Gasteiger charge is 2.29. The summed E-state index contributed by atoms with van der Waals surface area (Å²) in [4.78, 5) is 26.1. The Kier molecular flexibility index (Phi) is 4.31. The van der Waals surface area contributed by atoms with Crippen molar-refractivity contribution in [1.82, 2.24) is 9.47 Å². The van der Waals surface area contributed by atoms with Crippen LogP contribution in [-0.4, -0.2) is 28.2 Å². The fraction of sp³-hybridized carbons (Fsp3) is 0.429. The number of aromatic nitrogens is 1. The van der Waals surface area contributed by atoms with E-state index in [1.165, 1.54) is 0 Å². The molecule has 26 heavy (non-hydrogen) atoms. The summed E-state index contributed by atoms with van der Waals surface area (Å²) in [5, 5.41) is 0. The number of hydrogen-bond donors (Lipinski definition) is 0. The molecule has 2 aliphatic rings. The van der Waals surface area contributed by atoms with E-state index in [0.29, 0.717) is 12.6 Å². The van der Waals surface area contributed by atoms with E-state index in [1.807, 2.05) is 54.9 Å².